The van der Waals surface area contributed by atoms with Gasteiger partial charge in [-0.2, -0.15) is 0 Å². The lowest BCUT2D eigenvalue weighted by atomic mass is 10.1. The highest BCUT2D eigenvalue weighted by molar-refractivity contribution is 8.13. The van der Waals surface area contributed by atoms with Crippen molar-refractivity contribution in [3.05, 3.63) is 35.9 Å². The first-order valence-corrected chi connectivity index (χ1v) is 9.59. The number of aliphatic imine (C=N–C) groups is 1. The van der Waals surface area contributed by atoms with Crippen molar-refractivity contribution in [2.75, 3.05) is 31.9 Å². The first-order chi connectivity index (χ1) is 10.9. The second-order valence-electron chi connectivity index (χ2n) is 6.28. The van der Waals surface area contributed by atoms with Gasteiger partial charge in [-0.05, 0) is 37.9 Å². The number of hydrogen-bond acceptors (Lipinski definition) is 4. The summed E-state index contributed by atoms with van der Waals surface area (Å²) in [6.07, 6.45) is 6.66. The molecule has 3 rings (SSSR count). The van der Waals surface area contributed by atoms with E-state index in [0.29, 0.717) is 6.04 Å². The van der Waals surface area contributed by atoms with Crippen LogP contribution in [-0.2, 0) is 6.42 Å². The molecule has 0 amide bonds. The Kier molecular flexibility index (Phi) is 6.20. The molecule has 3 nitrogen and oxygen atoms in total. The molecule has 0 radical (unpaired) electrons. The Bertz CT molecular complexity index is 466. The highest BCUT2D eigenvalue weighted by Gasteiger charge is 2.18. The van der Waals surface area contributed by atoms with E-state index in [2.05, 4.69) is 45.5 Å². The molecule has 0 aromatic heterocycles. The van der Waals surface area contributed by atoms with Crippen molar-refractivity contribution in [2.24, 2.45) is 4.99 Å². The van der Waals surface area contributed by atoms with Gasteiger partial charge in [0.05, 0.1) is 12.6 Å². The number of rotatable bonds is 5. The lowest BCUT2D eigenvalue weighted by molar-refractivity contribution is 0.303. The number of likely N-dealkylation sites (tertiary alicyclic amines) is 1. The van der Waals surface area contributed by atoms with Gasteiger partial charge in [-0.25, -0.2) is 0 Å². The van der Waals surface area contributed by atoms with Crippen molar-refractivity contribution >= 4 is 16.9 Å². The van der Waals surface area contributed by atoms with Crippen LogP contribution in [0.3, 0.4) is 0 Å². The first kappa shape index (κ1) is 15.9. The average Bonchev–Trinajstić information content (AvgIpc) is 2.82. The van der Waals surface area contributed by atoms with Crippen molar-refractivity contribution in [3.63, 3.8) is 0 Å². The summed E-state index contributed by atoms with van der Waals surface area (Å²) in [5.41, 5.74) is 1.39. The Morgan fingerprint density at radius 3 is 2.64 bits per heavy atom. The van der Waals surface area contributed by atoms with Gasteiger partial charge in [0.25, 0.3) is 0 Å². The standard InChI is InChI=1S/C18H27N3S/c1-2-7-11-21(10-6-1)12-13-22-18-19-15-17(20-18)14-16-8-4-3-5-9-16/h3-5,8-9,17H,1-2,6-7,10-15H2,(H,19,20). The fourth-order valence-corrected chi connectivity index (χ4v) is 4.15. The molecule has 1 atom stereocenters. The maximum atomic E-state index is 4.66. The number of amidine groups is 1. The third-order valence-corrected chi connectivity index (χ3v) is 5.36. The number of hydrogen-bond donors (Lipinski definition) is 1. The Morgan fingerprint density at radius 2 is 1.86 bits per heavy atom. The van der Waals surface area contributed by atoms with Crippen LogP contribution in [0.25, 0.3) is 0 Å². The largest absolute Gasteiger partial charge is 0.360 e. The summed E-state index contributed by atoms with van der Waals surface area (Å²) < 4.78 is 0. The third kappa shape index (κ3) is 5.03. The van der Waals surface area contributed by atoms with Gasteiger partial charge in [0.2, 0.25) is 0 Å². The lowest BCUT2D eigenvalue weighted by Gasteiger charge is -2.19. The molecule has 120 valence electrons. The van der Waals surface area contributed by atoms with Crippen LogP contribution in [0.5, 0.6) is 0 Å². The zero-order chi connectivity index (χ0) is 15.0. The van der Waals surface area contributed by atoms with E-state index < -0.39 is 0 Å². The van der Waals surface area contributed by atoms with Crippen LogP contribution in [-0.4, -0.2) is 48.0 Å². The second kappa shape index (κ2) is 8.59. The van der Waals surface area contributed by atoms with Gasteiger partial charge in [0, 0.05) is 12.3 Å². The smallest absolute Gasteiger partial charge is 0.156 e. The van der Waals surface area contributed by atoms with Crippen LogP contribution < -0.4 is 5.32 Å². The number of thioether (sulfide) groups is 1. The normalized spacial score (nSPS) is 22.9. The number of nitrogens with one attached hydrogen (secondary N) is 1. The topological polar surface area (TPSA) is 27.6 Å². The maximum absolute atomic E-state index is 4.66. The van der Waals surface area contributed by atoms with Crippen LogP contribution in [0.2, 0.25) is 0 Å². The Hall–Kier alpha value is -1.00. The zero-order valence-corrected chi connectivity index (χ0v) is 14.2. The number of nitrogens with zero attached hydrogens (tertiary/aromatic N) is 2. The molecule has 1 aromatic rings. The Labute approximate surface area is 138 Å². The minimum Gasteiger partial charge on any atom is -0.360 e. The molecule has 0 spiro atoms. The van der Waals surface area contributed by atoms with E-state index in [1.807, 2.05) is 11.8 Å². The summed E-state index contributed by atoms with van der Waals surface area (Å²) in [7, 11) is 0. The first-order valence-electron chi connectivity index (χ1n) is 8.60. The predicted octanol–water partition coefficient (Wildman–Crippen LogP) is 3.17. The fourth-order valence-electron chi connectivity index (χ4n) is 3.19. The van der Waals surface area contributed by atoms with Gasteiger partial charge in [0.1, 0.15) is 0 Å². The molecule has 1 saturated heterocycles. The highest BCUT2D eigenvalue weighted by atomic mass is 32.2. The van der Waals surface area contributed by atoms with Gasteiger partial charge >= 0.3 is 0 Å². The summed E-state index contributed by atoms with van der Waals surface area (Å²) in [6, 6.07) is 11.2. The summed E-state index contributed by atoms with van der Waals surface area (Å²) in [5.74, 6) is 1.16. The van der Waals surface area contributed by atoms with Crippen LogP contribution in [0.1, 0.15) is 31.2 Å². The van der Waals surface area contributed by atoms with E-state index >= 15 is 0 Å². The Morgan fingerprint density at radius 1 is 1.09 bits per heavy atom. The van der Waals surface area contributed by atoms with Gasteiger partial charge in [-0.15, -0.1) is 0 Å². The molecule has 2 aliphatic rings. The van der Waals surface area contributed by atoms with Crippen molar-refractivity contribution in [2.45, 2.75) is 38.1 Å². The molecule has 1 fully saturated rings. The van der Waals surface area contributed by atoms with Crippen LogP contribution >= 0.6 is 11.8 Å². The van der Waals surface area contributed by atoms with E-state index in [1.54, 1.807) is 0 Å². The molecule has 0 saturated carbocycles. The van der Waals surface area contributed by atoms with E-state index in [9.17, 15) is 0 Å². The molecule has 1 aromatic carbocycles. The zero-order valence-electron chi connectivity index (χ0n) is 13.3. The summed E-state index contributed by atoms with van der Waals surface area (Å²) in [6.45, 7) is 4.70. The van der Waals surface area contributed by atoms with E-state index in [0.717, 1.165) is 23.9 Å². The van der Waals surface area contributed by atoms with Crippen LogP contribution in [0.4, 0.5) is 0 Å². The highest BCUT2D eigenvalue weighted by Crippen LogP contribution is 2.14. The van der Waals surface area contributed by atoms with Gasteiger partial charge in [0.15, 0.2) is 5.17 Å². The molecule has 0 bridgehead atoms. The summed E-state index contributed by atoms with van der Waals surface area (Å²) in [4.78, 5) is 7.29. The van der Waals surface area contributed by atoms with Gasteiger partial charge in [-0.3, -0.25) is 4.99 Å². The van der Waals surface area contributed by atoms with Gasteiger partial charge in [-0.1, -0.05) is 54.9 Å². The molecule has 2 heterocycles. The SMILES string of the molecule is c1ccc(CC2CN=C(SCCN3CCCCCC3)N2)cc1. The molecule has 4 heteroatoms. The minimum atomic E-state index is 0.475. The number of benzene rings is 1. The molecule has 1 N–H and O–H groups in total. The quantitative estimate of drug-likeness (QED) is 0.904. The average molecular weight is 318 g/mol. The third-order valence-electron chi connectivity index (χ3n) is 4.45. The molecule has 2 aliphatic heterocycles. The van der Waals surface area contributed by atoms with E-state index in [4.69, 9.17) is 0 Å². The second-order valence-corrected chi connectivity index (χ2v) is 7.36. The van der Waals surface area contributed by atoms with Crippen molar-refractivity contribution in [1.82, 2.24) is 10.2 Å². The fraction of sp³-hybridized carbons (Fsp3) is 0.611. The molecule has 22 heavy (non-hydrogen) atoms. The van der Waals surface area contributed by atoms with Crippen LogP contribution in [0, 0.1) is 0 Å². The predicted molar refractivity (Wildman–Crippen MR) is 96.7 cm³/mol. The Balaban J connectivity index is 1.34. The van der Waals surface area contributed by atoms with Crippen molar-refractivity contribution in [3.8, 4) is 0 Å². The summed E-state index contributed by atoms with van der Waals surface area (Å²) >= 11 is 1.90. The molecular weight excluding hydrogens is 290 g/mol. The van der Waals surface area contributed by atoms with Crippen molar-refractivity contribution in [1.29, 1.82) is 0 Å². The van der Waals surface area contributed by atoms with Crippen molar-refractivity contribution < 1.29 is 0 Å². The van der Waals surface area contributed by atoms with E-state index in [-0.39, 0.29) is 0 Å². The van der Waals surface area contributed by atoms with E-state index in [1.165, 1.54) is 50.9 Å². The molecule has 1 unspecified atom stereocenters. The lowest BCUT2D eigenvalue weighted by Crippen LogP contribution is -2.32. The van der Waals surface area contributed by atoms with Crippen LogP contribution in [0.15, 0.2) is 35.3 Å². The molecule has 0 aliphatic carbocycles. The minimum absolute atomic E-state index is 0.475. The monoisotopic (exact) mass is 317 g/mol. The summed E-state index contributed by atoms with van der Waals surface area (Å²) in [5, 5.41) is 4.73. The van der Waals surface area contributed by atoms with Gasteiger partial charge < -0.3 is 10.2 Å². The molecular formula is C18H27N3S. The maximum Gasteiger partial charge on any atom is 0.156 e.